The van der Waals surface area contributed by atoms with Crippen molar-refractivity contribution in [2.75, 3.05) is 26.3 Å². The fourth-order valence-corrected chi connectivity index (χ4v) is 5.45. The highest BCUT2D eigenvalue weighted by Gasteiger charge is 2.40. The normalized spacial score (nSPS) is 17.0. The van der Waals surface area contributed by atoms with E-state index in [1.54, 1.807) is 18.2 Å². The third-order valence-corrected chi connectivity index (χ3v) is 7.46. The molecule has 0 amide bonds. The molecule has 2 aromatic carbocycles. The highest BCUT2D eigenvalue weighted by atomic mass is 32.2. The molecule has 0 unspecified atom stereocenters. The number of fused-ring (bicyclic) bond motifs is 1. The minimum atomic E-state index is -3.58. The van der Waals surface area contributed by atoms with E-state index in [0.29, 0.717) is 37.8 Å². The maximum Gasteiger partial charge on any atom is 0.243 e. The maximum atomic E-state index is 13.1. The Kier molecular flexibility index (Phi) is 4.75. The van der Waals surface area contributed by atoms with Crippen molar-refractivity contribution in [3.8, 4) is 11.5 Å². The second-order valence-electron chi connectivity index (χ2n) is 7.65. The predicted molar refractivity (Wildman–Crippen MR) is 111 cm³/mol. The first-order chi connectivity index (χ1) is 14.5. The molecule has 30 heavy (non-hydrogen) atoms. The van der Waals surface area contributed by atoms with Crippen molar-refractivity contribution < 1.29 is 17.9 Å². The van der Waals surface area contributed by atoms with Crippen molar-refractivity contribution in [2.45, 2.75) is 24.3 Å². The van der Waals surface area contributed by atoms with Gasteiger partial charge in [0, 0.05) is 43.5 Å². The summed E-state index contributed by atoms with van der Waals surface area (Å²) in [5.74, 6) is 2.08. The van der Waals surface area contributed by atoms with E-state index in [0.717, 1.165) is 18.1 Å². The van der Waals surface area contributed by atoms with E-state index in [2.05, 4.69) is 21.7 Å². The molecule has 2 aliphatic rings. The number of ether oxygens (including phenoxy) is 2. The van der Waals surface area contributed by atoms with Crippen LogP contribution in [0.3, 0.4) is 0 Å². The Morgan fingerprint density at radius 1 is 1.03 bits per heavy atom. The number of aryl methyl sites for hydroxylation is 1. The zero-order chi connectivity index (χ0) is 20.7. The summed E-state index contributed by atoms with van der Waals surface area (Å²) in [7, 11) is -3.58. The lowest BCUT2D eigenvalue weighted by Gasteiger charge is -2.38. The van der Waals surface area contributed by atoms with Crippen LogP contribution < -0.4 is 9.47 Å². The number of imidazole rings is 1. The van der Waals surface area contributed by atoms with Crippen molar-refractivity contribution >= 4 is 10.0 Å². The number of aromatic nitrogens is 2. The van der Waals surface area contributed by atoms with Crippen molar-refractivity contribution in [3.63, 3.8) is 0 Å². The first-order valence-electron chi connectivity index (χ1n) is 9.98. The highest BCUT2D eigenvalue weighted by Crippen LogP contribution is 2.36. The number of nitrogens with zero attached hydrogens (tertiary/aromatic N) is 3. The summed E-state index contributed by atoms with van der Waals surface area (Å²) in [5, 5.41) is 0. The predicted octanol–water partition coefficient (Wildman–Crippen LogP) is 2.80. The van der Waals surface area contributed by atoms with Gasteiger partial charge >= 0.3 is 0 Å². The molecule has 0 radical (unpaired) electrons. The molecule has 3 aromatic rings. The summed E-state index contributed by atoms with van der Waals surface area (Å²) in [4.78, 5) is 4.82. The van der Waals surface area contributed by atoms with Crippen LogP contribution >= 0.6 is 0 Å². The van der Waals surface area contributed by atoms with Crippen molar-refractivity contribution in [3.05, 3.63) is 71.8 Å². The van der Waals surface area contributed by atoms with E-state index < -0.39 is 10.0 Å². The van der Waals surface area contributed by atoms with Gasteiger partial charge in [-0.25, -0.2) is 13.4 Å². The van der Waals surface area contributed by atoms with Crippen LogP contribution in [0.25, 0.3) is 0 Å². The molecule has 1 fully saturated rings. The van der Waals surface area contributed by atoms with E-state index in [1.165, 1.54) is 9.87 Å². The molecule has 0 saturated carbocycles. The van der Waals surface area contributed by atoms with E-state index in [1.807, 2.05) is 31.3 Å². The van der Waals surface area contributed by atoms with E-state index in [9.17, 15) is 8.42 Å². The SMILES string of the molecule is Cc1cnc(C2CN(S(=O)(=O)c3ccc4c(c3)OCCO4)C2)n1Cc1ccccc1. The van der Waals surface area contributed by atoms with Crippen LogP contribution in [0.2, 0.25) is 0 Å². The number of sulfonamides is 1. The quantitative estimate of drug-likeness (QED) is 0.629. The Morgan fingerprint density at radius 3 is 2.53 bits per heavy atom. The third kappa shape index (κ3) is 3.36. The fourth-order valence-electron chi connectivity index (χ4n) is 3.91. The minimum Gasteiger partial charge on any atom is -0.486 e. The van der Waals surface area contributed by atoms with Gasteiger partial charge in [-0.3, -0.25) is 0 Å². The van der Waals surface area contributed by atoms with Gasteiger partial charge in [-0.2, -0.15) is 4.31 Å². The van der Waals surface area contributed by atoms with Crippen molar-refractivity contribution in [2.24, 2.45) is 0 Å². The topological polar surface area (TPSA) is 73.7 Å². The molecular weight excluding hydrogens is 402 g/mol. The molecule has 5 rings (SSSR count). The smallest absolute Gasteiger partial charge is 0.243 e. The van der Waals surface area contributed by atoms with Gasteiger partial charge in [-0.1, -0.05) is 30.3 Å². The molecule has 1 saturated heterocycles. The lowest BCUT2D eigenvalue weighted by atomic mass is 10.0. The average Bonchev–Trinajstić information content (AvgIpc) is 3.07. The number of rotatable bonds is 5. The van der Waals surface area contributed by atoms with Gasteiger partial charge in [0.15, 0.2) is 11.5 Å². The second-order valence-corrected chi connectivity index (χ2v) is 9.59. The zero-order valence-electron chi connectivity index (χ0n) is 16.7. The van der Waals surface area contributed by atoms with Crippen LogP contribution in [0.5, 0.6) is 11.5 Å². The average molecular weight is 426 g/mol. The summed E-state index contributed by atoms with van der Waals surface area (Å²) in [5.41, 5.74) is 2.27. The van der Waals surface area contributed by atoms with Crippen LogP contribution in [0.15, 0.2) is 59.6 Å². The highest BCUT2D eigenvalue weighted by molar-refractivity contribution is 7.89. The minimum absolute atomic E-state index is 0.0781. The largest absolute Gasteiger partial charge is 0.486 e. The number of benzene rings is 2. The molecule has 0 bridgehead atoms. The van der Waals surface area contributed by atoms with Crippen molar-refractivity contribution in [1.29, 1.82) is 0 Å². The van der Waals surface area contributed by atoms with E-state index in [-0.39, 0.29) is 10.8 Å². The lowest BCUT2D eigenvalue weighted by molar-refractivity contribution is 0.171. The van der Waals surface area contributed by atoms with Gasteiger partial charge in [-0.15, -0.1) is 0 Å². The number of hydrogen-bond acceptors (Lipinski definition) is 5. The number of hydrogen-bond donors (Lipinski definition) is 0. The van der Waals surface area contributed by atoms with Gasteiger partial charge in [0.25, 0.3) is 0 Å². The molecule has 0 N–H and O–H groups in total. The molecule has 0 aliphatic carbocycles. The first kappa shape index (κ1) is 19.1. The zero-order valence-corrected chi connectivity index (χ0v) is 17.5. The molecule has 3 heterocycles. The third-order valence-electron chi connectivity index (χ3n) is 5.63. The van der Waals surface area contributed by atoms with E-state index in [4.69, 9.17) is 9.47 Å². The summed E-state index contributed by atoms with van der Waals surface area (Å²) in [6.45, 7) is 4.49. The summed E-state index contributed by atoms with van der Waals surface area (Å²) in [6.07, 6.45) is 1.86. The lowest BCUT2D eigenvalue weighted by Crippen LogP contribution is -2.49. The molecule has 156 valence electrons. The van der Waals surface area contributed by atoms with Crippen LogP contribution in [-0.2, 0) is 16.6 Å². The van der Waals surface area contributed by atoms with Crippen LogP contribution in [0.4, 0.5) is 0 Å². The Morgan fingerprint density at radius 2 is 1.77 bits per heavy atom. The second kappa shape index (κ2) is 7.45. The molecule has 8 heteroatoms. The van der Waals surface area contributed by atoms with Crippen LogP contribution in [0.1, 0.15) is 23.0 Å². The van der Waals surface area contributed by atoms with Gasteiger partial charge in [0.1, 0.15) is 19.0 Å². The van der Waals surface area contributed by atoms with Gasteiger partial charge < -0.3 is 14.0 Å². The Hall–Kier alpha value is -2.84. The molecule has 2 aliphatic heterocycles. The summed E-state index contributed by atoms with van der Waals surface area (Å²) in [6, 6.07) is 15.0. The summed E-state index contributed by atoms with van der Waals surface area (Å²) >= 11 is 0. The Labute approximate surface area is 175 Å². The van der Waals surface area contributed by atoms with Gasteiger partial charge in [0.05, 0.1) is 4.90 Å². The van der Waals surface area contributed by atoms with Crippen molar-refractivity contribution in [1.82, 2.24) is 13.9 Å². The standard InChI is InChI=1S/C22H23N3O4S/c1-16-12-23-22(25(16)13-17-5-3-2-4-6-17)18-14-24(15-18)30(26,27)19-7-8-20-21(11-19)29-10-9-28-20/h2-8,11-12,18H,9-10,13-15H2,1H3. The molecule has 1 aromatic heterocycles. The maximum absolute atomic E-state index is 13.1. The monoisotopic (exact) mass is 425 g/mol. The molecule has 0 atom stereocenters. The Balaban J connectivity index is 1.33. The fraction of sp³-hybridized carbons (Fsp3) is 0.318. The van der Waals surface area contributed by atoms with Crippen LogP contribution in [0, 0.1) is 6.92 Å². The van der Waals surface area contributed by atoms with Gasteiger partial charge in [0.2, 0.25) is 10.0 Å². The molecule has 7 nitrogen and oxygen atoms in total. The first-order valence-corrected chi connectivity index (χ1v) is 11.4. The summed E-state index contributed by atoms with van der Waals surface area (Å²) < 4.78 is 40.8. The van der Waals surface area contributed by atoms with Crippen LogP contribution in [-0.4, -0.2) is 48.6 Å². The van der Waals surface area contributed by atoms with Gasteiger partial charge in [-0.05, 0) is 24.6 Å². The Bertz CT molecular complexity index is 1170. The molecular formula is C22H23N3O4S. The van der Waals surface area contributed by atoms with E-state index >= 15 is 0 Å². The molecule has 0 spiro atoms.